The summed E-state index contributed by atoms with van der Waals surface area (Å²) in [6.07, 6.45) is 2.87. The highest BCUT2D eigenvalue weighted by Gasteiger charge is 2.16. The van der Waals surface area contributed by atoms with E-state index in [1.165, 1.54) is 16.9 Å². The van der Waals surface area contributed by atoms with Gasteiger partial charge >= 0.3 is 5.97 Å². The first-order valence-electron chi connectivity index (χ1n) is 4.53. The molecule has 0 atom stereocenters. The zero-order valence-electron chi connectivity index (χ0n) is 8.35. The monoisotopic (exact) mass is 285 g/mol. The van der Waals surface area contributed by atoms with Crippen molar-refractivity contribution >= 4 is 27.5 Å². The molecule has 0 saturated carbocycles. The molecule has 0 radical (unpaired) electrons. The van der Waals surface area contributed by atoms with Crippen LogP contribution in [-0.4, -0.2) is 32.3 Å². The molecule has 0 aliphatic heterocycles. The summed E-state index contributed by atoms with van der Waals surface area (Å²) in [5.74, 6) is -0.703. The molecule has 0 aromatic carbocycles. The number of aromatic hydroxyl groups is 1. The van der Waals surface area contributed by atoms with Gasteiger partial charge in [0.2, 0.25) is 5.88 Å². The van der Waals surface area contributed by atoms with E-state index in [4.69, 9.17) is 4.74 Å². The van der Waals surface area contributed by atoms with Crippen molar-refractivity contribution in [2.45, 2.75) is 6.92 Å². The van der Waals surface area contributed by atoms with E-state index in [1.807, 2.05) is 0 Å². The lowest BCUT2D eigenvalue weighted by molar-refractivity contribution is 0.0528. The number of hydrogen-bond acceptors (Lipinski definition) is 5. The number of halogens is 1. The molecule has 0 bridgehead atoms. The predicted octanol–water partition coefficient (Wildman–Crippen LogP) is 1.37. The van der Waals surface area contributed by atoms with E-state index in [1.54, 1.807) is 6.92 Å². The molecule has 16 heavy (non-hydrogen) atoms. The van der Waals surface area contributed by atoms with Crippen LogP contribution in [0.1, 0.15) is 17.3 Å². The Labute approximate surface area is 99.0 Å². The van der Waals surface area contributed by atoms with E-state index < -0.39 is 5.97 Å². The van der Waals surface area contributed by atoms with Crippen molar-refractivity contribution in [1.29, 1.82) is 0 Å². The van der Waals surface area contributed by atoms with Crippen LogP contribution < -0.4 is 0 Å². The van der Waals surface area contributed by atoms with Crippen LogP contribution in [0.2, 0.25) is 0 Å². The van der Waals surface area contributed by atoms with Crippen LogP contribution in [0, 0.1) is 0 Å². The Morgan fingerprint density at radius 1 is 1.69 bits per heavy atom. The molecule has 2 rings (SSSR count). The van der Waals surface area contributed by atoms with E-state index in [9.17, 15) is 9.90 Å². The molecule has 84 valence electrons. The number of carbonyl (C=O) groups excluding carboxylic acids is 1. The molecule has 0 amide bonds. The Kier molecular flexibility index (Phi) is 2.78. The second kappa shape index (κ2) is 4.09. The Morgan fingerprint density at radius 2 is 2.44 bits per heavy atom. The maximum absolute atomic E-state index is 11.5. The first-order chi connectivity index (χ1) is 7.63. The zero-order valence-corrected chi connectivity index (χ0v) is 9.93. The predicted molar refractivity (Wildman–Crippen MR) is 58.3 cm³/mol. The number of ether oxygens (including phenoxy) is 1. The van der Waals surface area contributed by atoms with Crippen molar-refractivity contribution < 1.29 is 14.6 Å². The summed E-state index contributed by atoms with van der Waals surface area (Å²) in [6, 6.07) is 0. The molecular formula is C9H8BrN3O3. The Morgan fingerprint density at radius 3 is 3.12 bits per heavy atom. The quantitative estimate of drug-likeness (QED) is 0.844. The number of carbonyl (C=O) groups is 1. The topological polar surface area (TPSA) is 76.7 Å². The maximum Gasteiger partial charge on any atom is 0.343 e. The number of nitrogens with zero attached hydrogens (tertiary/aromatic N) is 3. The summed E-state index contributed by atoms with van der Waals surface area (Å²) in [7, 11) is 0. The fraction of sp³-hybridized carbons (Fsp3) is 0.222. The number of rotatable bonds is 2. The van der Waals surface area contributed by atoms with Gasteiger partial charge in [0.25, 0.3) is 0 Å². The third-order valence-corrected chi connectivity index (χ3v) is 2.48. The van der Waals surface area contributed by atoms with Crippen LogP contribution in [0.5, 0.6) is 5.88 Å². The summed E-state index contributed by atoms with van der Waals surface area (Å²) in [5.41, 5.74) is 0.490. The molecular weight excluding hydrogens is 278 g/mol. The standard InChI is InChI=1S/C9H8BrN3O3/c1-2-16-9(15)5-3-11-13-4-6(10)8(14)12-7(5)13/h3-4H,2H2,1H3,(H,12,14). The van der Waals surface area contributed by atoms with Crippen LogP contribution in [0.4, 0.5) is 0 Å². The van der Waals surface area contributed by atoms with Crippen molar-refractivity contribution in [3.63, 3.8) is 0 Å². The van der Waals surface area contributed by atoms with Gasteiger partial charge in [0.1, 0.15) is 5.56 Å². The Balaban J connectivity index is 2.56. The van der Waals surface area contributed by atoms with Crippen molar-refractivity contribution in [3.05, 3.63) is 22.4 Å². The van der Waals surface area contributed by atoms with Crippen LogP contribution >= 0.6 is 15.9 Å². The molecule has 0 spiro atoms. The minimum atomic E-state index is -0.508. The van der Waals surface area contributed by atoms with Gasteiger partial charge in [-0.25, -0.2) is 9.31 Å². The van der Waals surface area contributed by atoms with Crippen molar-refractivity contribution in [2.24, 2.45) is 0 Å². The summed E-state index contributed by atoms with van der Waals surface area (Å²) < 4.78 is 6.63. The van der Waals surface area contributed by atoms with Crippen molar-refractivity contribution in [2.75, 3.05) is 6.61 Å². The third-order valence-electron chi connectivity index (χ3n) is 1.93. The van der Waals surface area contributed by atoms with E-state index in [0.717, 1.165) is 0 Å². The second-order valence-corrected chi connectivity index (χ2v) is 3.81. The van der Waals surface area contributed by atoms with Gasteiger partial charge in [-0.1, -0.05) is 0 Å². The van der Waals surface area contributed by atoms with E-state index in [2.05, 4.69) is 26.0 Å². The van der Waals surface area contributed by atoms with Gasteiger partial charge in [-0.3, -0.25) is 0 Å². The minimum absolute atomic E-state index is 0.196. The molecule has 0 saturated heterocycles. The van der Waals surface area contributed by atoms with Crippen LogP contribution in [-0.2, 0) is 4.74 Å². The summed E-state index contributed by atoms with van der Waals surface area (Å²) in [4.78, 5) is 15.4. The molecule has 2 heterocycles. The summed E-state index contributed by atoms with van der Waals surface area (Å²) in [6.45, 7) is 1.99. The van der Waals surface area contributed by atoms with Crippen molar-refractivity contribution in [1.82, 2.24) is 14.6 Å². The molecule has 0 fully saturated rings. The average molecular weight is 286 g/mol. The SMILES string of the molecule is CCOC(=O)c1cnn2cc(Br)c(O)nc12. The molecule has 1 N–H and O–H groups in total. The van der Waals surface area contributed by atoms with Gasteiger partial charge in [0, 0.05) is 0 Å². The fourth-order valence-corrected chi connectivity index (χ4v) is 1.52. The number of hydrogen-bond donors (Lipinski definition) is 1. The third kappa shape index (κ3) is 1.73. The first-order valence-corrected chi connectivity index (χ1v) is 5.32. The Hall–Kier alpha value is -1.63. The summed E-state index contributed by atoms with van der Waals surface area (Å²) in [5, 5.41) is 13.4. The fourth-order valence-electron chi connectivity index (χ4n) is 1.23. The number of aromatic nitrogens is 3. The highest BCUT2D eigenvalue weighted by atomic mass is 79.9. The lowest BCUT2D eigenvalue weighted by Gasteiger charge is -2.00. The highest BCUT2D eigenvalue weighted by molar-refractivity contribution is 9.10. The van der Waals surface area contributed by atoms with Gasteiger partial charge in [-0.05, 0) is 22.9 Å². The van der Waals surface area contributed by atoms with E-state index in [0.29, 0.717) is 4.47 Å². The van der Waals surface area contributed by atoms with Crippen LogP contribution in [0.3, 0.4) is 0 Å². The molecule has 0 aliphatic rings. The maximum atomic E-state index is 11.5. The molecule has 2 aromatic rings. The molecule has 0 unspecified atom stereocenters. The minimum Gasteiger partial charge on any atom is -0.492 e. The highest BCUT2D eigenvalue weighted by Crippen LogP contribution is 2.22. The zero-order chi connectivity index (χ0) is 11.7. The van der Waals surface area contributed by atoms with E-state index >= 15 is 0 Å². The lowest BCUT2D eigenvalue weighted by atomic mass is 10.3. The van der Waals surface area contributed by atoms with Gasteiger partial charge in [-0.15, -0.1) is 0 Å². The smallest absolute Gasteiger partial charge is 0.343 e. The molecule has 7 heteroatoms. The molecule has 2 aromatic heterocycles. The molecule has 0 aliphatic carbocycles. The number of fused-ring (bicyclic) bond motifs is 1. The summed E-state index contributed by atoms with van der Waals surface area (Å²) >= 11 is 3.10. The normalized spacial score (nSPS) is 10.6. The Bertz CT molecular complexity index is 552. The van der Waals surface area contributed by atoms with Gasteiger partial charge in [-0.2, -0.15) is 10.1 Å². The van der Waals surface area contributed by atoms with Gasteiger partial charge in [0.05, 0.1) is 23.5 Å². The van der Waals surface area contributed by atoms with Gasteiger partial charge in [0.15, 0.2) is 5.65 Å². The molecule has 6 nitrogen and oxygen atoms in total. The van der Waals surface area contributed by atoms with Crippen LogP contribution in [0.25, 0.3) is 5.65 Å². The first kappa shape index (κ1) is 10.9. The lowest BCUT2D eigenvalue weighted by Crippen LogP contribution is -2.04. The second-order valence-electron chi connectivity index (χ2n) is 2.96. The largest absolute Gasteiger partial charge is 0.492 e. The van der Waals surface area contributed by atoms with Crippen molar-refractivity contribution in [3.8, 4) is 5.88 Å². The van der Waals surface area contributed by atoms with Crippen LogP contribution in [0.15, 0.2) is 16.9 Å². The average Bonchev–Trinajstić information content (AvgIpc) is 2.62. The van der Waals surface area contributed by atoms with E-state index in [-0.39, 0.29) is 23.7 Å². The number of esters is 1. The van der Waals surface area contributed by atoms with Gasteiger partial charge < -0.3 is 9.84 Å².